The molecule has 4 heterocycles. The number of carboxylic acid groups (broad SMARTS) is 2. The van der Waals surface area contributed by atoms with Crippen molar-refractivity contribution in [3.05, 3.63) is 18.2 Å². The molecule has 0 radical (unpaired) electrons. The number of amides is 2. The van der Waals surface area contributed by atoms with E-state index in [0.29, 0.717) is 18.0 Å². The summed E-state index contributed by atoms with van der Waals surface area (Å²) in [6, 6.07) is 1.09. The molecule has 0 saturated carbocycles. The van der Waals surface area contributed by atoms with Crippen molar-refractivity contribution < 1.29 is 29.3 Å². The molecule has 4 rings (SSSR count). The predicted octanol–water partition coefficient (Wildman–Crippen LogP) is 1.34. The van der Waals surface area contributed by atoms with Crippen molar-refractivity contribution >= 4 is 19.0 Å². The monoisotopic (exact) mass is 453 g/mol. The number of likely N-dealkylation sites (tertiary alicyclic amines) is 2. The van der Waals surface area contributed by atoms with Crippen molar-refractivity contribution in [1.82, 2.24) is 25.1 Å². The molecule has 3 aliphatic heterocycles. The fourth-order valence-electron chi connectivity index (χ4n) is 4.61. The van der Waals surface area contributed by atoms with E-state index < -0.39 is 0 Å². The molecule has 32 heavy (non-hydrogen) atoms. The number of H-pyrrole nitrogens is 1. The molecule has 11 nitrogen and oxygen atoms in total. The summed E-state index contributed by atoms with van der Waals surface area (Å²) in [6.45, 7) is 5.08. The van der Waals surface area contributed by atoms with Crippen LogP contribution in [0.1, 0.15) is 50.3 Å². The van der Waals surface area contributed by atoms with Crippen LogP contribution in [0.5, 0.6) is 0 Å². The summed E-state index contributed by atoms with van der Waals surface area (Å²) in [6.07, 6.45) is 10.2. The topological polar surface area (TPSA) is 148 Å². The van der Waals surface area contributed by atoms with Crippen LogP contribution in [0.2, 0.25) is 0 Å². The number of hydrogen-bond acceptors (Lipinski definition) is 6. The number of aromatic nitrogens is 2. The Balaban J connectivity index is 0.000000547. The zero-order valence-electron chi connectivity index (χ0n) is 18.4. The first-order chi connectivity index (χ1) is 15.6. The highest BCUT2D eigenvalue weighted by atomic mass is 16.5. The van der Waals surface area contributed by atoms with Gasteiger partial charge in [0, 0.05) is 69.8 Å². The second-order valence-electron chi connectivity index (χ2n) is 8.07. The third kappa shape index (κ3) is 8.12. The number of aromatic amines is 1. The molecule has 0 aliphatic carbocycles. The highest BCUT2D eigenvalue weighted by Crippen LogP contribution is 2.25. The van der Waals surface area contributed by atoms with E-state index in [1.807, 2.05) is 11.1 Å². The molecule has 1 unspecified atom stereocenters. The van der Waals surface area contributed by atoms with Gasteiger partial charge in [0.2, 0.25) is 0 Å². The lowest BCUT2D eigenvalue weighted by molar-refractivity contribution is -0.123. The number of hydrogen-bond donors (Lipinski definition) is 4. The second-order valence-corrected chi connectivity index (χ2v) is 8.07. The van der Waals surface area contributed by atoms with Crippen LogP contribution in [0.3, 0.4) is 0 Å². The van der Waals surface area contributed by atoms with Gasteiger partial charge in [0.25, 0.3) is 12.9 Å². The molecule has 11 heteroatoms. The fraction of sp³-hybridized carbons (Fsp3) is 0.714. The van der Waals surface area contributed by atoms with Gasteiger partial charge in [0.05, 0.1) is 0 Å². The van der Waals surface area contributed by atoms with E-state index >= 15 is 0 Å². The first-order valence-corrected chi connectivity index (χ1v) is 11.1. The SMILES string of the molecule is O=C(NC1CCN(C2CCOCC2)CC1)N1CCCC(c2ncc[nH]2)C1.O=CO.O=CO. The van der Waals surface area contributed by atoms with Gasteiger partial charge in [-0.1, -0.05) is 0 Å². The lowest BCUT2D eigenvalue weighted by atomic mass is 9.97. The number of piperidine rings is 2. The van der Waals surface area contributed by atoms with E-state index in [4.69, 9.17) is 24.5 Å². The minimum atomic E-state index is -0.250. The average molecular weight is 454 g/mol. The Labute approximate surface area is 188 Å². The normalized spacial score (nSPS) is 22.5. The van der Waals surface area contributed by atoms with Gasteiger partial charge in [0.15, 0.2) is 0 Å². The van der Waals surface area contributed by atoms with Crippen molar-refractivity contribution in [2.75, 3.05) is 39.4 Å². The van der Waals surface area contributed by atoms with Gasteiger partial charge in [-0.05, 0) is 38.5 Å². The Morgan fingerprint density at radius 3 is 2.34 bits per heavy atom. The molecule has 0 spiro atoms. The summed E-state index contributed by atoms with van der Waals surface area (Å²) >= 11 is 0. The van der Waals surface area contributed by atoms with Crippen LogP contribution >= 0.6 is 0 Å². The highest BCUT2D eigenvalue weighted by Gasteiger charge is 2.30. The van der Waals surface area contributed by atoms with Gasteiger partial charge >= 0.3 is 6.03 Å². The highest BCUT2D eigenvalue weighted by molar-refractivity contribution is 5.74. The number of urea groups is 1. The Kier molecular flexibility index (Phi) is 11.5. The van der Waals surface area contributed by atoms with Crippen LogP contribution < -0.4 is 5.32 Å². The van der Waals surface area contributed by atoms with E-state index in [9.17, 15) is 4.79 Å². The molecule has 3 aliphatic rings. The van der Waals surface area contributed by atoms with E-state index in [2.05, 4.69) is 20.2 Å². The molecule has 0 bridgehead atoms. The Hall–Kier alpha value is -2.66. The van der Waals surface area contributed by atoms with Crippen LogP contribution in [-0.4, -0.2) is 100 Å². The number of ether oxygens (including phenoxy) is 1. The minimum Gasteiger partial charge on any atom is -0.483 e. The summed E-state index contributed by atoms with van der Waals surface area (Å²) in [5.74, 6) is 1.34. The van der Waals surface area contributed by atoms with Crippen molar-refractivity contribution in [2.24, 2.45) is 0 Å². The first-order valence-electron chi connectivity index (χ1n) is 11.1. The van der Waals surface area contributed by atoms with Gasteiger partial charge in [0.1, 0.15) is 5.82 Å². The molecule has 3 fully saturated rings. The zero-order chi connectivity index (χ0) is 23.2. The van der Waals surface area contributed by atoms with Crippen LogP contribution in [0.4, 0.5) is 4.79 Å². The van der Waals surface area contributed by atoms with Gasteiger partial charge in [-0.25, -0.2) is 9.78 Å². The number of nitrogens with one attached hydrogen (secondary N) is 2. The Morgan fingerprint density at radius 2 is 1.75 bits per heavy atom. The molecule has 1 atom stereocenters. The summed E-state index contributed by atoms with van der Waals surface area (Å²) < 4.78 is 5.47. The molecule has 1 aromatic heterocycles. The maximum atomic E-state index is 12.7. The standard InChI is InChI=1S/C19H31N5O2.2CH2O2/c25-19(24-9-1-2-15(14-24)18-20-7-8-21-18)22-16-3-10-23(11-4-16)17-5-12-26-13-6-17;2*2-1-3/h7-8,15-17H,1-6,9-14H2,(H,20,21)(H,22,25);2*1H,(H,2,3). The number of carbonyl (C=O) groups excluding carboxylic acids is 1. The summed E-state index contributed by atoms with van der Waals surface area (Å²) in [4.78, 5) is 41.6. The van der Waals surface area contributed by atoms with E-state index in [1.54, 1.807) is 6.20 Å². The van der Waals surface area contributed by atoms with Gasteiger partial charge in [-0.3, -0.25) is 9.59 Å². The second kappa shape index (κ2) is 14.4. The lowest BCUT2D eigenvalue weighted by Gasteiger charge is -2.40. The maximum absolute atomic E-state index is 12.7. The van der Waals surface area contributed by atoms with Crippen LogP contribution in [0.25, 0.3) is 0 Å². The minimum absolute atomic E-state index is 0.103. The number of nitrogens with zero attached hydrogens (tertiary/aromatic N) is 3. The molecule has 180 valence electrons. The number of imidazole rings is 1. The third-order valence-electron chi connectivity index (χ3n) is 6.18. The smallest absolute Gasteiger partial charge is 0.317 e. The first kappa shape index (κ1) is 25.6. The largest absolute Gasteiger partial charge is 0.483 e. The molecular weight excluding hydrogens is 418 g/mol. The van der Waals surface area contributed by atoms with Crippen LogP contribution in [-0.2, 0) is 14.3 Å². The lowest BCUT2D eigenvalue weighted by Crippen LogP contribution is -2.53. The van der Waals surface area contributed by atoms with Crippen molar-refractivity contribution in [3.8, 4) is 0 Å². The average Bonchev–Trinajstić information content (AvgIpc) is 3.37. The predicted molar refractivity (Wildman–Crippen MR) is 116 cm³/mol. The molecule has 4 N–H and O–H groups in total. The maximum Gasteiger partial charge on any atom is 0.317 e. The quantitative estimate of drug-likeness (QED) is 0.501. The molecule has 0 aromatic carbocycles. The van der Waals surface area contributed by atoms with Crippen LogP contribution in [0, 0.1) is 0 Å². The summed E-state index contributed by atoms with van der Waals surface area (Å²) in [5.41, 5.74) is 0. The molecule has 1 aromatic rings. The van der Waals surface area contributed by atoms with E-state index in [-0.39, 0.29) is 19.0 Å². The van der Waals surface area contributed by atoms with E-state index in [0.717, 1.165) is 83.7 Å². The number of carbonyl (C=O) groups is 3. The van der Waals surface area contributed by atoms with Gasteiger partial charge < -0.3 is 35.1 Å². The fourth-order valence-corrected chi connectivity index (χ4v) is 4.61. The Morgan fingerprint density at radius 1 is 1.09 bits per heavy atom. The van der Waals surface area contributed by atoms with Gasteiger partial charge in [-0.15, -0.1) is 0 Å². The zero-order valence-corrected chi connectivity index (χ0v) is 18.4. The van der Waals surface area contributed by atoms with Crippen molar-refractivity contribution in [3.63, 3.8) is 0 Å². The molecular formula is C21H35N5O6. The third-order valence-corrected chi connectivity index (χ3v) is 6.18. The molecule has 3 saturated heterocycles. The summed E-state index contributed by atoms with van der Waals surface area (Å²) in [5, 5.41) is 17.1. The van der Waals surface area contributed by atoms with Crippen molar-refractivity contribution in [2.45, 2.75) is 56.5 Å². The van der Waals surface area contributed by atoms with E-state index in [1.165, 1.54) is 0 Å². The molecule has 2 amide bonds. The van der Waals surface area contributed by atoms with Crippen molar-refractivity contribution in [1.29, 1.82) is 0 Å². The number of rotatable bonds is 3. The summed E-state index contributed by atoms with van der Waals surface area (Å²) in [7, 11) is 0. The van der Waals surface area contributed by atoms with Gasteiger partial charge in [-0.2, -0.15) is 0 Å². The Bertz CT molecular complexity index is 654. The van der Waals surface area contributed by atoms with Crippen LogP contribution in [0.15, 0.2) is 12.4 Å².